The number of hydrogen-bond donors (Lipinski definition) is 0. The molecule has 4 aromatic carbocycles. The van der Waals surface area contributed by atoms with Crippen molar-refractivity contribution in [3.05, 3.63) is 282 Å². The zero-order valence-corrected chi connectivity index (χ0v) is 66.4. The van der Waals surface area contributed by atoms with E-state index in [0.717, 1.165) is 34.2 Å². The zero-order valence-electron chi connectivity index (χ0n) is 64.0. The maximum Gasteiger partial charge on any atom is 3.00 e. The van der Waals surface area contributed by atoms with Gasteiger partial charge in [-0.3, -0.25) is 24.9 Å². The molecule has 0 saturated carbocycles. The summed E-state index contributed by atoms with van der Waals surface area (Å²) in [6.45, 7) is 0.765. The second kappa shape index (κ2) is 39.0. The number of amidine groups is 5. The summed E-state index contributed by atoms with van der Waals surface area (Å²) in [7, 11) is 3.89. The minimum absolute atomic E-state index is 0. The second-order valence-electron chi connectivity index (χ2n) is 25.7. The number of benzene rings is 4. The van der Waals surface area contributed by atoms with Gasteiger partial charge in [0, 0.05) is 54.2 Å². The number of rotatable bonds is 14. The number of carbonyl (C=O) groups is 5. The van der Waals surface area contributed by atoms with Gasteiger partial charge in [-0.15, -0.1) is 51.1 Å². The van der Waals surface area contributed by atoms with Crippen molar-refractivity contribution >= 4 is 81.1 Å². The zero-order chi connectivity index (χ0) is 93.8. The monoisotopic (exact) mass is 2000 g/mol. The predicted octanol–water partition coefficient (Wildman–Crippen LogP) is 7.09. The fourth-order valence-corrected chi connectivity index (χ4v) is 10.8. The van der Waals surface area contributed by atoms with Crippen LogP contribution in [0.15, 0.2) is 296 Å². The third-order valence-corrected chi connectivity index (χ3v) is 17.1. The van der Waals surface area contributed by atoms with Gasteiger partial charge in [-0.05, 0) is 109 Å². The first-order chi connectivity index (χ1) is 60.1. The van der Waals surface area contributed by atoms with E-state index in [4.69, 9.17) is 0 Å². The summed E-state index contributed by atoms with van der Waals surface area (Å²) in [6, 6.07) is 45.0. The van der Waals surface area contributed by atoms with E-state index in [1.165, 1.54) is 146 Å². The Hall–Kier alpha value is -15.4. The molecule has 0 spiro atoms. The van der Waals surface area contributed by atoms with Gasteiger partial charge in [-0.1, -0.05) is 54.6 Å². The van der Waals surface area contributed by atoms with Crippen LogP contribution in [0.25, 0.3) is 22.1 Å². The van der Waals surface area contributed by atoms with Gasteiger partial charge in [0.2, 0.25) is 12.7 Å². The maximum absolute atomic E-state index is 13.7. The molecule has 54 heteroatoms. The minimum atomic E-state index is -5.23. The predicted molar refractivity (Wildman–Crippen MR) is 384 cm³/mol. The molecule has 0 bridgehead atoms. The Balaban J connectivity index is 0.000000170. The molecule has 7 aromatic heterocycles. The fraction of sp³-hybridized carbons (Fsp3) is 0.187. The standard InChI is InChI=1S/2C15H13F2N2.5C9H5F3N4O2.Ir/c2*1-18-10-19(15-5-3-2-4-14(15)18)9-11-6-7-12(16)8-13(11)17;5*10-9(11,12)8(7(17)18)14-6(15-16-8)5-3-1-2-4-13-5;/h2*2-8,10H,9H2,1H3;5*1-4H,(H,17,18);/q2*+1;;;;;;+3/p-5. The first-order valence-electron chi connectivity index (χ1n) is 35.0. The van der Waals surface area contributed by atoms with Crippen LogP contribution in [0.5, 0.6) is 0 Å². The average Bonchev–Trinajstić information content (AvgIpc) is 1.59. The number of pyridine rings is 5. The first-order valence-corrected chi connectivity index (χ1v) is 35.0. The second-order valence-corrected chi connectivity index (χ2v) is 25.7. The van der Waals surface area contributed by atoms with Crippen molar-refractivity contribution in [3.63, 3.8) is 0 Å². The van der Waals surface area contributed by atoms with Gasteiger partial charge in [0.05, 0.1) is 14.1 Å². The van der Waals surface area contributed by atoms with Crippen molar-refractivity contribution < 1.29 is 162 Å². The Labute approximate surface area is 719 Å². The molecule has 0 fully saturated rings. The van der Waals surface area contributed by atoms with Gasteiger partial charge in [0.1, 0.15) is 94.7 Å². The molecular weight excluding hydrogens is 1950 g/mol. The number of aromatic nitrogens is 9. The van der Waals surface area contributed by atoms with Crippen LogP contribution in [0, 0.1) is 23.3 Å². The van der Waals surface area contributed by atoms with E-state index in [9.17, 15) is 133 Å². The van der Waals surface area contributed by atoms with Gasteiger partial charge in [-0.25, -0.2) is 60.8 Å². The number of aryl methyl sites for hydroxylation is 2. The SMILES string of the molecule is C[n+]1cn(Cc2ccc(F)cc2F)c2ccccc21.C[n+]1cn(Cc2ccc(F)cc2F)c2ccccc21.O=C([O-])C1(C(F)(F)F)N=NC(c2ccccn2)=N1.O=C([O-])C1(C(F)(F)F)N=NC(c2ccccn2)=N1.O=C([O-])C1(C(F)(F)F)N=NC(c2ccccn2)=N1.O=C([O-])C1(C(F)(F)F)N=NC(c2ccccn2)=N1.O=C([O-])C1(C(F)(F)F)N=NC(c2ccccn2)=N1.[Ir+3]. The van der Waals surface area contributed by atoms with Crippen molar-refractivity contribution in [2.45, 2.75) is 72.3 Å². The fourth-order valence-electron chi connectivity index (χ4n) is 10.8. The van der Waals surface area contributed by atoms with Gasteiger partial charge >= 0.3 is 79.3 Å². The van der Waals surface area contributed by atoms with E-state index in [1.54, 1.807) is 0 Å². The summed E-state index contributed by atoms with van der Waals surface area (Å²) in [5.74, 6) is -17.1. The van der Waals surface area contributed by atoms with Crippen LogP contribution in [-0.4, -0.2) is 152 Å². The number of nitrogens with zero attached hydrogens (tertiary/aromatic N) is 24. The summed E-state index contributed by atoms with van der Waals surface area (Å²) in [5, 5.41) is 82.2. The van der Waals surface area contributed by atoms with Crippen molar-refractivity contribution in [3.8, 4) is 0 Å². The van der Waals surface area contributed by atoms with Crippen molar-refractivity contribution in [1.82, 2.24) is 34.1 Å². The number of fused-ring (bicyclic) bond motifs is 2. The molecule has 16 rings (SSSR count). The van der Waals surface area contributed by atoms with E-state index >= 15 is 0 Å². The van der Waals surface area contributed by atoms with Crippen molar-refractivity contribution in [2.75, 3.05) is 0 Å². The molecule has 0 N–H and O–H groups in total. The minimum Gasteiger partial charge on any atom is -0.545 e. The molecule has 0 saturated heterocycles. The maximum atomic E-state index is 13.7. The number of hydrogen-bond acceptors (Lipinski definition) is 30. The molecule has 5 aliphatic heterocycles. The molecule has 5 unspecified atom stereocenters. The molecule has 5 aliphatic rings. The topological polar surface area (TPSA) is 468 Å². The molecule has 12 heterocycles. The summed E-state index contributed by atoms with van der Waals surface area (Å²) in [6.07, 6.45) is -15.8. The van der Waals surface area contributed by atoms with E-state index in [1.807, 2.05) is 93.5 Å². The number of carboxylic acids is 5. The average molecular weight is 2000 g/mol. The van der Waals surface area contributed by atoms with Crippen LogP contribution in [0.3, 0.4) is 0 Å². The molecule has 0 radical (unpaired) electrons. The van der Waals surface area contributed by atoms with Gasteiger partial charge in [0.25, 0.3) is 0 Å². The van der Waals surface area contributed by atoms with Gasteiger partial charge < -0.3 is 49.5 Å². The number of carboxylic acid groups (broad SMARTS) is 5. The van der Waals surface area contributed by atoms with Crippen molar-refractivity contribution in [1.29, 1.82) is 0 Å². The number of halogens is 19. The molecule has 0 amide bonds. The smallest absolute Gasteiger partial charge is 0.545 e. The number of azo groups is 5. The summed E-state index contributed by atoms with van der Waals surface area (Å²) < 4.78 is 251. The summed E-state index contributed by atoms with van der Waals surface area (Å²) in [5.41, 5.74) is -13.3. The molecular formula is C75H46F19IrN24O10. The molecule has 0 aliphatic carbocycles. The van der Waals surface area contributed by atoms with Crippen LogP contribution in [0.2, 0.25) is 0 Å². The third kappa shape index (κ3) is 21.2. The van der Waals surface area contributed by atoms with Gasteiger partial charge in [0.15, 0.2) is 51.2 Å². The molecule has 668 valence electrons. The third-order valence-electron chi connectivity index (χ3n) is 17.1. The normalized spacial score (nSPS) is 19.3. The van der Waals surface area contributed by atoms with Crippen LogP contribution >= 0.6 is 0 Å². The first kappa shape index (κ1) is 97.4. The van der Waals surface area contributed by atoms with Crippen molar-refractivity contribution in [2.24, 2.45) is 90.2 Å². The molecule has 5 atom stereocenters. The Morgan fingerprint density at radius 1 is 0.318 bits per heavy atom. The van der Waals surface area contributed by atoms with E-state index in [0.29, 0.717) is 24.2 Å². The number of carbonyl (C=O) groups excluding carboxylic acids is 5. The summed E-state index contributed by atoms with van der Waals surface area (Å²) in [4.78, 5) is 86.7. The van der Waals surface area contributed by atoms with Crippen LogP contribution < -0.4 is 34.7 Å². The molecule has 129 heavy (non-hydrogen) atoms. The quantitative estimate of drug-likeness (QED) is 0.0774. The van der Waals surface area contributed by atoms with E-state index < -0.39 is 141 Å². The summed E-state index contributed by atoms with van der Waals surface area (Å²) >= 11 is 0. The van der Waals surface area contributed by atoms with E-state index in [2.05, 4.69) is 101 Å². The van der Waals surface area contributed by atoms with Crippen LogP contribution in [0.4, 0.5) is 83.4 Å². The number of aliphatic carboxylic acids is 5. The number of para-hydroxylation sites is 4. The Morgan fingerprint density at radius 3 is 0.705 bits per heavy atom. The number of aliphatic imine (C=N–C) groups is 5. The molecule has 11 aromatic rings. The Kier molecular flexibility index (Phi) is 29.4. The Morgan fingerprint density at radius 2 is 0.527 bits per heavy atom. The largest absolute Gasteiger partial charge is 3.00 e. The molecule has 34 nitrogen and oxygen atoms in total. The number of imidazole rings is 2. The Bertz CT molecular complexity index is 5620. The van der Waals surface area contributed by atoms with Crippen LogP contribution in [-0.2, 0) is 71.3 Å². The van der Waals surface area contributed by atoms with E-state index in [-0.39, 0.29) is 48.6 Å². The van der Waals surface area contributed by atoms with Gasteiger partial charge in [-0.2, -0.15) is 65.9 Å². The number of alkyl halides is 15. The van der Waals surface area contributed by atoms with Crippen LogP contribution in [0.1, 0.15) is 39.6 Å².